The Balaban J connectivity index is 0. The van der Waals surface area contributed by atoms with Gasteiger partial charge >= 0.3 is 11.9 Å². The van der Waals surface area contributed by atoms with Gasteiger partial charge in [-0.15, -0.1) is 0 Å². The van der Waals surface area contributed by atoms with Crippen molar-refractivity contribution in [2.75, 3.05) is 26.9 Å². The lowest BCUT2D eigenvalue weighted by Crippen LogP contribution is -2.07. The zero-order chi connectivity index (χ0) is 10.7. The zero-order valence-electron chi connectivity index (χ0n) is 7.65. The van der Waals surface area contributed by atoms with Crippen molar-refractivity contribution in [1.29, 1.82) is 0 Å². The van der Waals surface area contributed by atoms with Crippen LogP contribution < -0.4 is 0 Å². The number of methoxy groups -OCH3 is 1. The lowest BCUT2D eigenvalue weighted by atomic mass is 10.7. The third kappa shape index (κ3) is 13.8. The fourth-order valence-corrected chi connectivity index (χ4v) is 0.271. The molecule has 0 unspecified atom stereocenters. The molecule has 0 bridgehead atoms. The van der Waals surface area contributed by atoms with Gasteiger partial charge in [0.05, 0.1) is 13.7 Å². The topological polar surface area (TPSA) is 93.1 Å². The van der Waals surface area contributed by atoms with Crippen LogP contribution in [-0.2, 0) is 19.1 Å². The predicted molar refractivity (Wildman–Crippen MR) is 42.8 cm³/mol. The van der Waals surface area contributed by atoms with E-state index in [1.54, 1.807) is 6.92 Å². The molecule has 0 aromatic rings. The number of rotatable bonds is 3. The van der Waals surface area contributed by atoms with E-state index in [0.717, 1.165) is 0 Å². The molecular formula is C7H14O6. The first-order valence-corrected chi connectivity index (χ1v) is 3.56. The van der Waals surface area contributed by atoms with Crippen LogP contribution in [-0.4, -0.2) is 49.1 Å². The van der Waals surface area contributed by atoms with E-state index in [2.05, 4.69) is 9.47 Å². The molecule has 0 radical (unpaired) electrons. The lowest BCUT2D eigenvalue weighted by Gasteiger charge is -1.93. The van der Waals surface area contributed by atoms with Crippen molar-refractivity contribution >= 4 is 11.9 Å². The van der Waals surface area contributed by atoms with Gasteiger partial charge in [-0.1, -0.05) is 0 Å². The molecule has 0 fully saturated rings. The van der Waals surface area contributed by atoms with Gasteiger partial charge in [-0.3, -0.25) is 0 Å². The van der Waals surface area contributed by atoms with E-state index in [1.807, 2.05) is 0 Å². The van der Waals surface area contributed by atoms with Gasteiger partial charge in [0.1, 0.15) is 13.2 Å². The van der Waals surface area contributed by atoms with Crippen LogP contribution in [0.15, 0.2) is 0 Å². The first kappa shape index (κ1) is 14.4. The fraction of sp³-hybridized carbons (Fsp3) is 0.714. The summed E-state index contributed by atoms with van der Waals surface area (Å²) in [6.45, 7) is 0.970. The Morgan fingerprint density at radius 3 is 1.69 bits per heavy atom. The summed E-state index contributed by atoms with van der Waals surface area (Å²) in [6.07, 6.45) is 0. The molecule has 6 nitrogen and oxygen atoms in total. The molecular weight excluding hydrogens is 180 g/mol. The van der Waals surface area contributed by atoms with Crippen molar-refractivity contribution in [3.05, 3.63) is 0 Å². The monoisotopic (exact) mass is 194 g/mol. The number of hydrogen-bond acceptors (Lipinski definition) is 6. The average molecular weight is 194 g/mol. The first-order chi connectivity index (χ1) is 6.12. The minimum atomic E-state index is -0.602. The van der Waals surface area contributed by atoms with Crippen molar-refractivity contribution < 1.29 is 29.3 Å². The summed E-state index contributed by atoms with van der Waals surface area (Å²) >= 11 is 0. The molecule has 0 amide bonds. The quantitative estimate of drug-likeness (QED) is 0.542. The summed E-state index contributed by atoms with van der Waals surface area (Å²) in [7, 11) is 1.22. The molecule has 6 heteroatoms. The smallest absolute Gasteiger partial charge is 0.331 e. The molecule has 0 aliphatic carbocycles. The maximum atomic E-state index is 9.94. The minimum absolute atomic E-state index is 0.333. The largest absolute Gasteiger partial charge is 0.467 e. The van der Waals surface area contributed by atoms with E-state index in [4.69, 9.17) is 10.2 Å². The van der Waals surface area contributed by atoms with Crippen LogP contribution in [0.3, 0.4) is 0 Å². The van der Waals surface area contributed by atoms with Crippen LogP contribution >= 0.6 is 0 Å². The van der Waals surface area contributed by atoms with E-state index in [9.17, 15) is 9.59 Å². The van der Waals surface area contributed by atoms with Gasteiger partial charge in [-0.25, -0.2) is 9.59 Å². The summed E-state index contributed by atoms with van der Waals surface area (Å²) in [5, 5.41) is 15.9. The Morgan fingerprint density at radius 2 is 1.62 bits per heavy atom. The van der Waals surface area contributed by atoms with Gasteiger partial charge < -0.3 is 19.7 Å². The van der Waals surface area contributed by atoms with E-state index in [1.165, 1.54) is 7.11 Å². The van der Waals surface area contributed by atoms with Crippen LogP contribution in [0.2, 0.25) is 0 Å². The molecule has 0 atom stereocenters. The third-order valence-electron chi connectivity index (χ3n) is 0.791. The van der Waals surface area contributed by atoms with Gasteiger partial charge in [-0.2, -0.15) is 0 Å². The standard InChI is InChI=1S/C4H8O3.C3H6O3/c1-2-7-4(6)3-5;1-6-3(5)2-4/h5H,2-3H2,1H3;4H,2H2,1H3. The second-order valence-electron chi connectivity index (χ2n) is 1.70. The summed E-state index contributed by atoms with van der Waals surface area (Å²) in [5.74, 6) is -1.17. The Bertz CT molecular complexity index is 138. The van der Waals surface area contributed by atoms with Crippen LogP contribution in [0.4, 0.5) is 0 Å². The number of esters is 2. The third-order valence-corrected chi connectivity index (χ3v) is 0.791. The predicted octanol–water partition coefficient (Wildman–Crippen LogP) is -1.31. The summed E-state index contributed by atoms with van der Waals surface area (Å²) in [5.41, 5.74) is 0. The molecule has 0 aliphatic rings. The second-order valence-corrected chi connectivity index (χ2v) is 1.70. The minimum Gasteiger partial charge on any atom is -0.467 e. The Labute approximate surface area is 76.1 Å². The fourth-order valence-electron chi connectivity index (χ4n) is 0.271. The van der Waals surface area contributed by atoms with E-state index < -0.39 is 25.2 Å². The highest BCUT2D eigenvalue weighted by Gasteiger charge is 1.92. The number of ether oxygens (including phenoxy) is 2. The molecule has 0 aromatic carbocycles. The second kappa shape index (κ2) is 10.9. The molecule has 0 aliphatic heterocycles. The van der Waals surface area contributed by atoms with Crippen LogP contribution in [0, 0.1) is 0 Å². The Morgan fingerprint density at radius 1 is 1.15 bits per heavy atom. The number of hydrogen-bond donors (Lipinski definition) is 2. The lowest BCUT2D eigenvalue weighted by molar-refractivity contribution is -0.146. The molecule has 0 rings (SSSR count). The summed E-state index contributed by atoms with van der Waals surface area (Å²) in [4.78, 5) is 19.6. The van der Waals surface area contributed by atoms with Gasteiger partial charge in [0.2, 0.25) is 0 Å². The maximum absolute atomic E-state index is 9.94. The molecule has 0 saturated heterocycles. The van der Waals surface area contributed by atoms with Crippen molar-refractivity contribution in [2.24, 2.45) is 0 Å². The number of carbonyl (C=O) groups excluding carboxylic acids is 2. The van der Waals surface area contributed by atoms with Crippen LogP contribution in [0.25, 0.3) is 0 Å². The van der Waals surface area contributed by atoms with Gasteiger partial charge in [-0.05, 0) is 6.92 Å². The molecule has 0 spiro atoms. The molecule has 0 aromatic heterocycles. The van der Waals surface area contributed by atoms with Crippen molar-refractivity contribution in [3.63, 3.8) is 0 Å². The number of carbonyl (C=O) groups is 2. The van der Waals surface area contributed by atoms with E-state index >= 15 is 0 Å². The average Bonchev–Trinajstić information content (AvgIpc) is 2.18. The molecule has 13 heavy (non-hydrogen) atoms. The normalized spacial score (nSPS) is 8.00. The van der Waals surface area contributed by atoms with Crippen molar-refractivity contribution in [2.45, 2.75) is 6.92 Å². The molecule has 2 N–H and O–H groups in total. The van der Waals surface area contributed by atoms with E-state index in [-0.39, 0.29) is 0 Å². The molecule has 0 heterocycles. The highest BCUT2D eigenvalue weighted by atomic mass is 16.5. The Kier molecular flexibility index (Phi) is 12.0. The van der Waals surface area contributed by atoms with Crippen LogP contribution in [0.5, 0.6) is 0 Å². The zero-order valence-corrected chi connectivity index (χ0v) is 7.65. The maximum Gasteiger partial charge on any atom is 0.331 e. The Hall–Kier alpha value is -1.14. The molecule has 78 valence electrons. The van der Waals surface area contributed by atoms with Crippen molar-refractivity contribution in [3.8, 4) is 0 Å². The van der Waals surface area contributed by atoms with Gasteiger partial charge in [0.15, 0.2) is 0 Å². The SMILES string of the molecule is CCOC(=O)CO.COC(=O)CO. The van der Waals surface area contributed by atoms with E-state index in [0.29, 0.717) is 6.61 Å². The highest BCUT2D eigenvalue weighted by molar-refractivity contribution is 5.70. The van der Waals surface area contributed by atoms with Gasteiger partial charge in [0.25, 0.3) is 0 Å². The highest BCUT2D eigenvalue weighted by Crippen LogP contribution is 1.71. The molecule has 0 saturated carbocycles. The van der Waals surface area contributed by atoms with Crippen molar-refractivity contribution in [1.82, 2.24) is 0 Å². The van der Waals surface area contributed by atoms with Gasteiger partial charge in [0, 0.05) is 0 Å². The van der Waals surface area contributed by atoms with Crippen LogP contribution in [0.1, 0.15) is 6.92 Å². The summed E-state index contributed by atoms with van der Waals surface area (Å²) in [6, 6.07) is 0. The number of aliphatic hydroxyl groups excluding tert-OH is 2. The number of aliphatic hydroxyl groups is 2. The first-order valence-electron chi connectivity index (χ1n) is 3.56. The summed E-state index contributed by atoms with van der Waals surface area (Å²) < 4.78 is 8.31.